The average molecular weight is 300 g/mol. The third-order valence-corrected chi connectivity index (χ3v) is 2.43. The summed E-state index contributed by atoms with van der Waals surface area (Å²) in [4.78, 5) is 12.7. The normalized spacial score (nSPS) is 10.3. The van der Waals surface area contributed by atoms with Gasteiger partial charge in [-0.3, -0.25) is 10.1 Å². The van der Waals surface area contributed by atoms with Crippen molar-refractivity contribution in [3.8, 4) is 17.4 Å². The standard InChI is InChI=1S/C12H7F3N2O4/c1-20-12-9(14)10(8(13)11(15)16-12)21-7-4-2-6(3-5-7)17(18)19/h2-5H,1H3. The summed E-state index contributed by atoms with van der Waals surface area (Å²) in [5.74, 6) is -6.49. The van der Waals surface area contributed by atoms with Crippen molar-refractivity contribution in [1.82, 2.24) is 4.98 Å². The van der Waals surface area contributed by atoms with Gasteiger partial charge < -0.3 is 9.47 Å². The molecule has 0 aliphatic carbocycles. The predicted octanol–water partition coefficient (Wildman–Crippen LogP) is 3.21. The van der Waals surface area contributed by atoms with Gasteiger partial charge in [0.25, 0.3) is 17.5 Å². The topological polar surface area (TPSA) is 74.5 Å². The first-order valence-corrected chi connectivity index (χ1v) is 5.44. The van der Waals surface area contributed by atoms with Gasteiger partial charge in [0.05, 0.1) is 12.0 Å². The molecule has 0 atom stereocenters. The highest BCUT2D eigenvalue weighted by Gasteiger charge is 2.23. The van der Waals surface area contributed by atoms with Crippen LogP contribution >= 0.6 is 0 Å². The molecule has 0 spiro atoms. The molecule has 2 rings (SSSR count). The largest absolute Gasteiger partial charge is 0.479 e. The molecule has 1 aromatic heterocycles. The number of hydrogen-bond donors (Lipinski definition) is 0. The number of ether oxygens (including phenoxy) is 2. The van der Waals surface area contributed by atoms with Crippen molar-refractivity contribution in [2.45, 2.75) is 0 Å². The third-order valence-electron chi connectivity index (χ3n) is 2.43. The molecule has 0 aliphatic rings. The second-order valence-corrected chi connectivity index (χ2v) is 3.72. The van der Waals surface area contributed by atoms with E-state index in [1.54, 1.807) is 0 Å². The van der Waals surface area contributed by atoms with Crippen LogP contribution in [0, 0.1) is 27.7 Å². The monoisotopic (exact) mass is 300 g/mol. The van der Waals surface area contributed by atoms with Gasteiger partial charge in [-0.25, -0.2) is 0 Å². The first-order chi connectivity index (χ1) is 9.93. The molecule has 0 saturated heterocycles. The van der Waals surface area contributed by atoms with Gasteiger partial charge in [-0.05, 0) is 12.1 Å². The Kier molecular flexibility index (Phi) is 3.92. The van der Waals surface area contributed by atoms with Gasteiger partial charge in [0.1, 0.15) is 5.75 Å². The highest BCUT2D eigenvalue weighted by atomic mass is 19.2. The number of pyridine rings is 1. The van der Waals surface area contributed by atoms with Crippen molar-refractivity contribution >= 4 is 5.69 Å². The minimum atomic E-state index is -1.63. The fourth-order valence-corrected chi connectivity index (χ4v) is 1.45. The lowest BCUT2D eigenvalue weighted by Crippen LogP contribution is -2.03. The minimum Gasteiger partial charge on any atom is -0.479 e. The Labute approximate surface area is 115 Å². The Balaban J connectivity index is 2.39. The van der Waals surface area contributed by atoms with Crippen LogP contribution in [0.25, 0.3) is 0 Å². The first-order valence-electron chi connectivity index (χ1n) is 5.44. The molecule has 21 heavy (non-hydrogen) atoms. The molecule has 0 unspecified atom stereocenters. The first kappa shape index (κ1) is 14.6. The number of nitrogens with zero attached hydrogens (tertiary/aromatic N) is 2. The highest BCUT2D eigenvalue weighted by Crippen LogP contribution is 2.33. The van der Waals surface area contributed by atoms with Crippen LogP contribution in [-0.4, -0.2) is 17.0 Å². The van der Waals surface area contributed by atoms with E-state index in [1.807, 2.05) is 0 Å². The third kappa shape index (κ3) is 2.86. The van der Waals surface area contributed by atoms with E-state index >= 15 is 0 Å². The van der Waals surface area contributed by atoms with Crippen LogP contribution in [0.1, 0.15) is 0 Å². The number of nitro benzene ring substituents is 1. The number of rotatable bonds is 4. The van der Waals surface area contributed by atoms with E-state index in [1.165, 1.54) is 0 Å². The van der Waals surface area contributed by atoms with Crippen LogP contribution in [0.4, 0.5) is 18.9 Å². The molecule has 9 heteroatoms. The summed E-state index contributed by atoms with van der Waals surface area (Å²) in [6, 6.07) is 4.36. The summed E-state index contributed by atoms with van der Waals surface area (Å²) >= 11 is 0. The Bertz CT molecular complexity index is 692. The predicted molar refractivity (Wildman–Crippen MR) is 63.8 cm³/mol. The minimum absolute atomic E-state index is 0.119. The van der Waals surface area contributed by atoms with Gasteiger partial charge in [-0.15, -0.1) is 0 Å². The second-order valence-electron chi connectivity index (χ2n) is 3.72. The highest BCUT2D eigenvalue weighted by molar-refractivity contribution is 5.40. The Morgan fingerprint density at radius 1 is 1.14 bits per heavy atom. The molecule has 0 bridgehead atoms. The molecule has 0 saturated carbocycles. The van der Waals surface area contributed by atoms with Gasteiger partial charge in [-0.2, -0.15) is 18.2 Å². The van der Waals surface area contributed by atoms with Crippen molar-refractivity contribution in [3.05, 3.63) is 52.0 Å². The Hall–Kier alpha value is -2.84. The summed E-state index contributed by atoms with van der Waals surface area (Å²) in [5, 5.41) is 10.5. The average Bonchev–Trinajstić information content (AvgIpc) is 2.47. The zero-order valence-corrected chi connectivity index (χ0v) is 10.5. The van der Waals surface area contributed by atoms with Crippen molar-refractivity contribution < 1.29 is 27.6 Å². The van der Waals surface area contributed by atoms with Crippen LogP contribution in [0.5, 0.6) is 17.4 Å². The fourth-order valence-electron chi connectivity index (χ4n) is 1.45. The van der Waals surface area contributed by atoms with E-state index in [4.69, 9.17) is 4.74 Å². The van der Waals surface area contributed by atoms with Crippen molar-refractivity contribution in [1.29, 1.82) is 0 Å². The van der Waals surface area contributed by atoms with E-state index < -0.39 is 34.1 Å². The number of nitro groups is 1. The van der Waals surface area contributed by atoms with Crippen LogP contribution in [-0.2, 0) is 0 Å². The molecule has 110 valence electrons. The smallest absolute Gasteiger partial charge is 0.269 e. The second kappa shape index (κ2) is 5.65. The number of halogens is 3. The molecule has 0 aliphatic heterocycles. The lowest BCUT2D eigenvalue weighted by molar-refractivity contribution is -0.384. The van der Waals surface area contributed by atoms with E-state index in [-0.39, 0.29) is 11.4 Å². The van der Waals surface area contributed by atoms with Gasteiger partial charge in [0, 0.05) is 12.1 Å². The summed E-state index contributed by atoms with van der Waals surface area (Å²) in [6.07, 6.45) is 0. The molecular weight excluding hydrogens is 293 g/mol. The van der Waals surface area contributed by atoms with Gasteiger partial charge in [0.15, 0.2) is 0 Å². The molecule has 1 aromatic carbocycles. The van der Waals surface area contributed by atoms with Crippen molar-refractivity contribution in [2.24, 2.45) is 0 Å². The van der Waals surface area contributed by atoms with Gasteiger partial charge >= 0.3 is 0 Å². The summed E-state index contributed by atoms with van der Waals surface area (Å²) in [5.41, 5.74) is -0.234. The molecule has 6 nitrogen and oxygen atoms in total. The van der Waals surface area contributed by atoms with E-state index in [9.17, 15) is 23.3 Å². The van der Waals surface area contributed by atoms with Crippen molar-refractivity contribution in [3.63, 3.8) is 0 Å². The van der Waals surface area contributed by atoms with Crippen LogP contribution in [0.2, 0.25) is 0 Å². The van der Waals surface area contributed by atoms with E-state index in [0.29, 0.717) is 0 Å². The summed E-state index contributed by atoms with van der Waals surface area (Å²) < 4.78 is 49.8. The van der Waals surface area contributed by atoms with Crippen LogP contribution in [0.3, 0.4) is 0 Å². The van der Waals surface area contributed by atoms with Crippen LogP contribution < -0.4 is 9.47 Å². The van der Waals surface area contributed by atoms with Crippen molar-refractivity contribution in [2.75, 3.05) is 7.11 Å². The molecule has 2 aromatic rings. The molecular formula is C12H7F3N2O4. The number of non-ortho nitro benzene ring substituents is 1. The molecule has 0 N–H and O–H groups in total. The van der Waals surface area contributed by atoms with E-state index in [2.05, 4.69) is 9.72 Å². The van der Waals surface area contributed by atoms with Gasteiger partial charge in [0.2, 0.25) is 17.4 Å². The zero-order valence-electron chi connectivity index (χ0n) is 10.5. The lowest BCUT2D eigenvalue weighted by Gasteiger charge is -2.10. The summed E-state index contributed by atoms with van der Waals surface area (Å²) in [7, 11) is 1.03. The molecule has 0 fully saturated rings. The maximum absolute atomic E-state index is 13.8. The fraction of sp³-hybridized carbons (Fsp3) is 0.0833. The summed E-state index contributed by atoms with van der Waals surface area (Å²) in [6.45, 7) is 0. The van der Waals surface area contributed by atoms with Gasteiger partial charge in [-0.1, -0.05) is 0 Å². The number of aromatic nitrogens is 1. The van der Waals surface area contributed by atoms with Crippen LogP contribution in [0.15, 0.2) is 24.3 Å². The number of hydrogen-bond acceptors (Lipinski definition) is 5. The number of benzene rings is 1. The SMILES string of the molecule is COc1nc(F)c(F)c(Oc2ccc([N+](=O)[O-])cc2)c1F. The Morgan fingerprint density at radius 3 is 2.29 bits per heavy atom. The zero-order chi connectivity index (χ0) is 15.6. The maximum atomic E-state index is 13.8. The number of methoxy groups -OCH3 is 1. The van der Waals surface area contributed by atoms with E-state index in [0.717, 1.165) is 31.4 Å². The maximum Gasteiger partial charge on any atom is 0.269 e. The molecule has 1 heterocycles. The quantitative estimate of drug-likeness (QED) is 0.492. The molecule has 0 amide bonds. The molecule has 0 radical (unpaired) electrons. The lowest BCUT2D eigenvalue weighted by atomic mass is 10.3. The Morgan fingerprint density at radius 2 is 1.76 bits per heavy atom.